The molecule has 1 aromatic carbocycles. The van der Waals surface area contributed by atoms with Gasteiger partial charge in [-0.15, -0.1) is 0 Å². The van der Waals surface area contributed by atoms with Gasteiger partial charge in [-0.25, -0.2) is 0 Å². The molecule has 2 heterocycles. The second-order valence-corrected chi connectivity index (χ2v) is 9.41. The molecule has 11 heteroatoms. The first-order chi connectivity index (χ1) is 15.3. The van der Waals surface area contributed by atoms with Crippen LogP contribution in [0.2, 0.25) is 0 Å². The SMILES string of the molecule is CC(=O)NCCNC(=O)c1ccc2c(=O)[nH]c3c(C(=O)NC4CCCC4)sc(=S)n3c2c1. The Kier molecular flexibility index (Phi) is 6.38. The number of hydrogen-bond acceptors (Lipinski definition) is 6. The molecule has 1 aliphatic rings. The predicted molar refractivity (Wildman–Crippen MR) is 125 cm³/mol. The Hall–Kier alpha value is -3.05. The van der Waals surface area contributed by atoms with Crippen LogP contribution in [0.1, 0.15) is 52.6 Å². The van der Waals surface area contributed by atoms with Gasteiger partial charge in [0.05, 0.1) is 10.9 Å². The molecule has 1 saturated carbocycles. The van der Waals surface area contributed by atoms with Crippen LogP contribution in [0.3, 0.4) is 0 Å². The summed E-state index contributed by atoms with van der Waals surface area (Å²) in [5.41, 5.74) is 0.772. The summed E-state index contributed by atoms with van der Waals surface area (Å²) in [6, 6.07) is 4.85. The van der Waals surface area contributed by atoms with E-state index in [-0.39, 0.29) is 35.9 Å². The van der Waals surface area contributed by atoms with Crippen LogP contribution in [0.5, 0.6) is 0 Å². The van der Waals surface area contributed by atoms with Crippen molar-refractivity contribution >= 4 is 57.8 Å². The summed E-state index contributed by atoms with van der Waals surface area (Å²) < 4.78 is 2.04. The Morgan fingerprint density at radius 2 is 1.88 bits per heavy atom. The van der Waals surface area contributed by atoms with Gasteiger partial charge in [0.2, 0.25) is 5.91 Å². The average molecular weight is 474 g/mol. The Balaban J connectivity index is 1.69. The molecule has 32 heavy (non-hydrogen) atoms. The number of nitrogens with one attached hydrogen (secondary N) is 4. The third-order valence-corrected chi connectivity index (χ3v) is 6.84. The molecule has 0 bridgehead atoms. The van der Waals surface area contributed by atoms with Crippen LogP contribution in [0.15, 0.2) is 23.0 Å². The number of amides is 3. The lowest BCUT2D eigenvalue weighted by molar-refractivity contribution is -0.118. The maximum Gasteiger partial charge on any atom is 0.265 e. The largest absolute Gasteiger partial charge is 0.355 e. The minimum Gasteiger partial charge on any atom is -0.355 e. The van der Waals surface area contributed by atoms with E-state index in [4.69, 9.17) is 12.2 Å². The van der Waals surface area contributed by atoms with Gasteiger partial charge < -0.3 is 20.9 Å². The van der Waals surface area contributed by atoms with E-state index in [1.54, 1.807) is 22.6 Å². The van der Waals surface area contributed by atoms with E-state index >= 15 is 0 Å². The summed E-state index contributed by atoms with van der Waals surface area (Å²) in [7, 11) is 0. The Bertz CT molecular complexity index is 1330. The fraction of sp³-hybridized carbons (Fsp3) is 0.381. The molecule has 0 spiro atoms. The van der Waals surface area contributed by atoms with E-state index in [0.717, 1.165) is 37.0 Å². The Labute approximate surface area is 192 Å². The zero-order valence-electron chi connectivity index (χ0n) is 17.4. The molecular weight excluding hydrogens is 450 g/mol. The quantitative estimate of drug-likeness (QED) is 0.322. The highest BCUT2D eigenvalue weighted by molar-refractivity contribution is 7.73. The van der Waals surface area contributed by atoms with Gasteiger partial charge in [-0.1, -0.05) is 24.2 Å². The average Bonchev–Trinajstić information content (AvgIpc) is 3.38. The lowest BCUT2D eigenvalue weighted by Crippen LogP contribution is -2.33. The number of fused-ring (bicyclic) bond motifs is 3. The summed E-state index contributed by atoms with van der Waals surface area (Å²) in [5.74, 6) is -0.768. The number of aromatic nitrogens is 2. The predicted octanol–water partition coefficient (Wildman–Crippen LogP) is 2.11. The third-order valence-electron chi connectivity index (χ3n) is 5.47. The molecular formula is C21H23N5O4S2. The molecule has 3 amide bonds. The first-order valence-corrected chi connectivity index (χ1v) is 11.6. The summed E-state index contributed by atoms with van der Waals surface area (Å²) >= 11 is 6.64. The van der Waals surface area contributed by atoms with Crippen molar-refractivity contribution in [1.82, 2.24) is 25.3 Å². The van der Waals surface area contributed by atoms with Crippen LogP contribution in [0, 0.1) is 3.95 Å². The van der Waals surface area contributed by atoms with Crippen molar-refractivity contribution < 1.29 is 14.4 Å². The van der Waals surface area contributed by atoms with Gasteiger partial charge in [0.1, 0.15) is 10.5 Å². The lowest BCUT2D eigenvalue weighted by Gasteiger charge is -2.11. The molecule has 0 aliphatic heterocycles. The number of benzene rings is 1. The van der Waals surface area contributed by atoms with E-state index in [1.807, 2.05) is 0 Å². The summed E-state index contributed by atoms with van der Waals surface area (Å²) in [6.07, 6.45) is 4.08. The van der Waals surface area contributed by atoms with Crippen molar-refractivity contribution in [3.05, 3.63) is 42.9 Å². The van der Waals surface area contributed by atoms with Gasteiger partial charge in [-0.05, 0) is 43.3 Å². The van der Waals surface area contributed by atoms with Gasteiger partial charge in [0, 0.05) is 31.6 Å². The highest BCUT2D eigenvalue weighted by atomic mass is 32.1. The third kappa shape index (κ3) is 4.44. The fourth-order valence-electron chi connectivity index (χ4n) is 3.92. The van der Waals surface area contributed by atoms with E-state index in [1.165, 1.54) is 6.92 Å². The van der Waals surface area contributed by atoms with E-state index in [9.17, 15) is 19.2 Å². The van der Waals surface area contributed by atoms with Crippen LogP contribution in [0.4, 0.5) is 0 Å². The van der Waals surface area contributed by atoms with Crippen LogP contribution in [0.25, 0.3) is 16.6 Å². The van der Waals surface area contributed by atoms with Crippen molar-refractivity contribution in [2.75, 3.05) is 13.1 Å². The minimum atomic E-state index is -0.361. The molecule has 9 nitrogen and oxygen atoms in total. The maximum atomic E-state index is 12.9. The van der Waals surface area contributed by atoms with Crippen molar-refractivity contribution in [1.29, 1.82) is 0 Å². The van der Waals surface area contributed by atoms with Crippen LogP contribution >= 0.6 is 23.6 Å². The van der Waals surface area contributed by atoms with E-state index in [0.29, 0.717) is 37.5 Å². The molecule has 0 radical (unpaired) electrons. The van der Waals surface area contributed by atoms with Gasteiger partial charge in [0.25, 0.3) is 17.4 Å². The molecule has 2 aromatic heterocycles. The number of carbonyl (C=O) groups excluding carboxylic acids is 3. The van der Waals surface area contributed by atoms with E-state index in [2.05, 4.69) is 20.9 Å². The van der Waals surface area contributed by atoms with Crippen molar-refractivity contribution in [3.63, 3.8) is 0 Å². The number of hydrogen-bond donors (Lipinski definition) is 4. The fourth-order valence-corrected chi connectivity index (χ4v) is 5.21. The molecule has 0 unspecified atom stereocenters. The van der Waals surface area contributed by atoms with Crippen molar-refractivity contribution in [2.45, 2.75) is 38.6 Å². The van der Waals surface area contributed by atoms with Crippen molar-refractivity contribution in [3.8, 4) is 0 Å². The molecule has 3 aromatic rings. The number of rotatable bonds is 6. The molecule has 1 aliphatic carbocycles. The lowest BCUT2D eigenvalue weighted by atomic mass is 10.1. The molecule has 168 valence electrons. The standard InChI is InChI=1S/C21H23N5O4S2/c1-11(27)22-8-9-23-18(28)12-6-7-14-15(10-12)26-17(25-19(14)29)16(32-21(26)31)20(30)24-13-4-2-3-5-13/h6-7,10,13H,2-5,8-9H2,1H3,(H,22,27)(H,23,28)(H,24,30)(H,25,29). The molecule has 1 fully saturated rings. The monoisotopic (exact) mass is 473 g/mol. The molecule has 0 atom stereocenters. The second-order valence-electron chi connectivity index (χ2n) is 7.76. The van der Waals surface area contributed by atoms with Gasteiger partial charge >= 0.3 is 0 Å². The van der Waals surface area contributed by atoms with Gasteiger partial charge in [-0.3, -0.25) is 23.6 Å². The summed E-state index contributed by atoms with van der Waals surface area (Å²) in [6.45, 7) is 1.99. The van der Waals surface area contributed by atoms with Crippen LogP contribution in [-0.2, 0) is 4.79 Å². The highest BCUT2D eigenvalue weighted by Gasteiger charge is 2.23. The first-order valence-electron chi connectivity index (χ1n) is 10.4. The van der Waals surface area contributed by atoms with Crippen LogP contribution in [-0.4, -0.2) is 46.2 Å². The zero-order valence-corrected chi connectivity index (χ0v) is 19.1. The second kappa shape index (κ2) is 9.21. The number of H-pyrrole nitrogens is 1. The maximum absolute atomic E-state index is 12.9. The number of carbonyl (C=O) groups is 3. The molecule has 4 rings (SSSR count). The Morgan fingerprint density at radius 3 is 2.59 bits per heavy atom. The smallest absolute Gasteiger partial charge is 0.265 e. The first kappa shape index (κ1) is 22.2. The highest BCUT2D eigenvalue weighted by Crippen LogP contribution is 2.25. The number of nitrogens with zero attached hydrogens (tertiary/aromatic N) is 1. The minimum absolute atomic E-state index is 0.137. The summed E-state index contributed by atoms with van der Waals surface area (Å²) in [5, 5.41) is 8.73. The number of aromatic amines is 1. The van der Waals surface area contributed by atoms with Gasteiger partial charge in [0.15, 0.2) is 3.95 Å². The topological polar surface area (TPSA) is 125 Å². The van der Waals surface area contributed by atoms with Crippen LogP contribution < -0.4 is 21.5 Å². The zero-order chi connectivity index (χ0) is 22.8. The van der Waals surface area contributed by atoms with Crippen molar-refractivity contribution in [2.24, 2.45) is 0 Å². The summed E-state index contributed by atoms with van der Waals surface area (Å²) in [4.78, 5) is 52.2. The van der Waals surface area contributed by atoms with Gasteiger partial charge in [-0.2, -0.15) is 0 Å². The normalized spacial score (nSPS) is 14.0. The molecule has 0 saturated heterocycles. The van der Waals surface area contributed by atoms with E-state index < -0.39 is 0 Å². The Morgan fingerprint density at radius 1 is 1.16 bits per heavy atom. The molecule has 4 N–H and O–H groups in total. The number of thiazole rings is 1.